The van der Waals surface area contributed by atoms with Crippen LogP contribution in [0.5, 0.6) is 0 Å². The summed E-state index contributed by atoms with van der Waals surface area (Å²) >= 11 is 1.23. The van der Waals surface area contributed by atoms with Crippen molar-refractivity contribution in [2.45, 2.75) is 24.8 Å². The molecule has 0 aliphatic heterocycles. The van der Waals surface area contributed by atoms with Crippen molar-refractivity contribution in [1.82, 2.24) is 19.7 Å². The van der Waals surface area contributed by atoms with Crippen LogP contribution < -0.4 is 5.73 Å². The van der Waals surface area contributed by atoms with Crippen LogP contribution in [0.15, 0.2) is 10.7 Å². The Morgan fingerprint density at radius 2 is 2.33 bits per heavy atom. The molecule has 2 N–H and O–H groups in total. The van der Waals surface area contributed by atoms with E-state index in [9.17, 15) is 0 Å². The monoisotopic (exact) mass is 223 g/mol. The van der Waals surface area contributed by atoms with Crippen LogP contribution in [0.3, 0.4) is 0 Å². The maximum absolute atomic E-state index is 6.08. The molecule has 1 fully saturated rings. The molecule has 6 nitrogen and oxygen atoms in total. The fourth-order valence-electron chi connectivity index (χ4n) is 1.57. The minimum atomic E-state index is -0.375. The summed E-state index contributed by atoms with van der Waals surface area (Å²) in [5.41, 5.74) is 5.70. The van der Waals surface area contributed by atoms with E-state index in [-0.39, 0.29) is 5.54 Å². The zero-order valence-corrected chi connectivity index (χ0v) is 8.70. The van der Waals surface area contributed by atoms with Crippen molar-refractivity contribution in [3.8, 4) is 10.8 Å². The maximum atomic E-state index is 6.08. The normalized spacial score (nSPS) is 18.7. The number of nitrogens with zero attached hydrogens (tertiary/aromatic N) is 4. The molecule has 1 aliphatic rings. The van der Waals surface area contributed by atoms with Crippen LogP contribution in [0.4, 0.5) is 0 Å². The molecule has 15 heavy (non-hydrogen) atoms. The first-order valence-corrected chi connectivity index (χ1v) is 5.46. The van der Waals surface area contributed by atoms with Gasteiger partial charge in [-0.25, -0.2) is 0 Å². The molecule has 2 heterocycles. The van der Waals surface area contributed by atoms with Gasteiger partial charge in [0.1, 0.15) is 4.88 Å². The Hall–Kier alpha value is -1.34. The van der Waals surface area contributed by atoms with Gasteiger partial charge in [-0.1, -0.05) is 9.64 Å². The molecule has 0 saturated heterocycles. The second-order valence-corrected chi connectivity index (χ2v) is 4.50. The minimum Gasteiger partial charge on any atom is -0.333 e. The molecule has 1 saturated carbocycles. The number of hydrogen-bond donors (Lipinski definition) is 1. The summed E-state index contributed by atoms with van der Waals surface area (Å²) in [4.78, 5) is 5.05. The van der Waals surface area contributed by atoms with Crippen molar-refractivity contribution >= 4 is 11.5 Å². The minimum absolute atomic E-state index is 0.375. The van der Waals surface area contributed by atoms with Crippen molar-refractivity contribution in [3.05, 3.63) is 12.0 Å². The number of nitrogens with two attached hydrogens (primary N) is 1. The molecule has 0 spiro atoms. The summed E-state index contributed by atoms with van der Waals surface area (Å²) < 4.78 is 8.86. The van der Waals surface area contributed by atoms with Crippen molar-refractivity contribution in [1.29, 1.82) is 0 Å². The molecule has 0 amide bonds. The fourth-order valence-corrected chi connectivity index (χ4v) is 2.01. The highest BCUT2D eigenvalue weighted by atomic mass is 32.1. The van der Waals surface area contributed by atoms with Crippen molar-refractivity contribution in [2.24, 2.45) is 5.73 Å². The first-order chi connectivity index (χ1) is 7.28. The average molecular weight is 223 g/mol. The second kappa shape index (κ2) is 3.07. The molecular formula is C8H9N5OS. The molecule has 0 atom stereocenters. The SMILES string of the molecule is NC1(c2noc(-c3cnns3)n2)CCC1. The Morgan fingerprint density at radius 1 is 1.47 bits per heavy atom. The predicted molar refractivity (Wildman–Crippen MR) is 52.9 cm³/mol. The van der Waals surface area contributed by atoms with Crippen molar-refractivity contribution < 1.29 is 4.52 Å². The zero-order valence-electron chi connectivity index (χ0n) is 7.88. The standard InChI is InChI=1S/C8H9N5OS/c9-8(2-1-3-8)7-11-6(14-12-7)5-4-10-13-15-5/h4H,1-3,9H2. The smallest absolute Gasteiger partial charge is 0.271 e. The van der Waals surface area contributed by atoms with Crippen LogP contribution >= 0.6 is 11.5 Å². The van der Waals surface area contributed by atoms with Crippen LogP contribution in [0.2, 0.25) is 0 Å². The largest absolute Gasteiger partial charge is 0.333 e. The molecule has 2 aromatic rings. The highest BCUT2D eigenvalue weighted by Gasteiger charge is 2.39. The number of hydrogen-bond acceptors (Lipinski definition) is 7. The Kier molecular flexibility index (Phi) is 1.83. The Labute approximate surface area is 89.7 Å². The van der Waals surface area contributed by atoms with E-state index in [0.717, 1.165) is 24.1 Å². The third kappa shape index (κ3) is 1.35. The topological polar surface area (TPSA) is 90.7 Å². The summed E-state index contributed by atoms with van der Waals surface area (Å²) in [6.07, 6.45) is 4.58. The van der Waals surface area contributed by atoms with E-state index in [2.05, 4.69) is 19.7 Å². The summed E-state index contributed by atoms with van der Waals surface area (Å²) in [5, 5.41) is 7.62. The van der Waals surface area contributed by atoms with E-state index in [0.29, 0.717) is 11.7 Å². The first kappa shape index (κ1) is 8.93. The Morgan fingerprint density at radius 3 is 2.93 bits per heavy atom. The lowest BCUT2D eigenvalue weighted by Gasteiger charge is -2.34. The first-order valence-electron chi connectivity index (χ1n) is 4.69. The van der Waals surface area contributed by atoms with Gasteiger partial charge in [0.05, 0.1) is 11.7 Å². The van der Waals surface area contributed by atoms with Gasteiger partial charge in [0, 0.05) is 0 Å². The van der Waals surface area contributed by atoms with Crippen LogP contribution in [0.1, 0.15) is 25.1 Å². The van der Waals surface area contributed by atoms with Gasteiger partial charge in [-0.15, -0.1) is 5.10 Å². The van der Waals surface area contributed by atoms with Gasteiger partial charge in [0.15, 0.2) is 5.82 Å². The van der Waals surface area contributed by atoms with E-state index in [4.69, 9.17) is 10.3 Å². The fraction of sp³-hybridized carbons (Fsp3) is 0.500. The van der Waals surface area contributed by atoms with Gasteiger partial charge in [-0.05, 0) is 30.8 Å². The van der Waals surface area contributed by atoms with Crippen LogP contribution in [-0.4, -0.2) is 19.7 Å². The van der Waals surface area contributed by atoms with Gasteiger partial charge < -0.3 is 10.3 Å². The highest BCUT2D eigenvalue weighted by Crippen LogP contribution is 2.37. The molecule has 78 valence electrons. The molecule has 0 unspecified atom stereocenters. The third-order valence-corrected chi connectivity index (χ3v) is 3.34. The quantitative estimate of drug-likeness (QED) is 0.814. The molecular weight excluding hydrogens is 214 g/mol. The van der Waals surface area contributed by atoms with E-state index in [1.54, 1.807) is 6.20 Å². The number of rotatable bonds is 2. The summed E-state index contributed by atoms with van der Waals surface area (Å²) in [6, 6.07) is 0. The highest BCUT2D eigenvalue weighted by molar-refractivity contribution is 7.09. The molecule has 2 aromatic heterocycles. The maximum Gasteiger partial charge on any atom is 0.271 e. The van der Waals surface area contributed by atoms with Gasteiger partial charge >= 0.3 is 0 Å². The third-order valence-electron chi connectivity index (χ3n) is 2.69. The van der Waals surface area contributed by atoms with E-state index in [1.165, 1.54) is 11.5 Å². The Bertz CT molecular complexity index is 461. The van der Waals surface area contributed by atoms with Gasteiger partial charge in [0.25, 0.3) is 5.89 Å². The van der Waals surface area contributed by atoms with Gasteiger partial charge in [-0.2, -0.15) is 4.98 Å². The lowest BCUT2D eigenvalue weighted by Crippen LogP contribution is -2.44. The lowest BCUT2D eigenvalue weighted by molar-refractivity contribution is 0.229. The molecule has 1 aliphatic carbocycles. The van der Waals surface area contributed by atoms with E-state index < -0.39 is 0 Å². The van der Waals surface area contributed by atoms with Crippen molar-refractivity contribution in [2.75, 3.05) is 0 Å². The average Bonchev–Trinajstić information content (AvgIpc) is 2.84. The Balaban J connectivity index is 1.94. The second-order valence-electron chi connectivity index (χ2n) is 3.71. The molecule has 0 aromatic carbocycles. The number of aromatic nitrogens is 4. The molecule has 0 bridgehead atoms. The van der Waals surface area contributed by atoms with Crippen LogP contribution in [0.25, 0.3) is 10.8 Å². The summed E-state index contributed by atoms with van der Waals surface area (Å²) in [6.45, 7) is 0. The molecule has 7 heteroatoms. The zero-order chi connectivity index (χ0) is 10.3. The van der Waals surface area contributed by atoms with Crippen molar-refractivity contribution in [3.63, 3.8) is 0 Å². The van der Waals surface area contributed by atoms with Gasteiger partial charge in [0.2, 0.25) is 0 Å². The van der Waals surface area contributed by atoms with E-state index in [1.807, 2.05) is 0 Å². The molecule has 0 radical (unpaired) electrons. The van der Waals surface area contributed by atoms with Gasteiger partial charge in [-0.3, -0.25) is 0 Å². The lowest BCUT2D eigenvalue weighted by atomic mass is 9.77. The van der Waals surface area contributed by atoms with Crippen LogP contribution in [-0.2, 0) is 5.54 Å². The molecule has 3 rings (SSSR count). The van der Waals surface area contributed by atoms with Crippen LogP contribution in [0, 0.1) is 0 Å². The van der Waals surface area contributed by atoms with E-state index >= 15 is 0 Å². The predicted octanol–water partition coefficient (Wildman–Crippen LogP) is 0.926. The summed E-state index contributed by atoms with van der Waals surface area (Å²) in [7, 11) is 0. The summed E-state index contributed by atoms with van der Waals surface area (Å²) in [5.74, 6) is 1.05.